The Morgan fingerprint density at radius 1 is 0.941 bits per heavy atom. The van der Waals surface area contributed by atoms with Crippen molar-refractivity contribution in [2.45, 2.75) is 59.7 Å². The Balaban J connectivity index is 3.71. The van der Waals surface area contributed by atoms with Gasteiger partial charge in [0, 0.05) is 10.8 Å². The average molecular weight is 245 g/mol. The first-order valence-corrected chi connectivity index (χ1v) is 5.91. The number of carboxylic acid groups (broad SMARTS) is 1. The van der Waals surface area contributed by atoms with Crippen molar-refractivity contribution in [3.63, 3.8) is 0 Å². The van der Waals surface area contributed by atoms with Gasteiger partial charge in [-0.05, 0) is 12.3 Å². The summed E-state index contributed by atoms with van der Waals surface area (Å²) in [5.74, 6) is -1.27. The molecule has 0 aliphatic heterocycles. The van der Waals surface area contributed by atoms with Gasteiger partial charge in [0.15, 0.2) is 5.54 Å². The zero-order valence-electron chi connectivity index (χ0n) is 11.8. The quantitative estimate of drug-likeness (QED) is 0.746. The van der Waals surface area contributed by atoms with Gasteiger partial charge >= 0.3 is 5.97 Å². The summed E-state index contributed by atoms with van der Waals surface area (Å²) in [6.45, 7) is 12.1. The molecule has 0 aromatic rings. The van der Waals surface area contributed by atoms with Crippen molar-refractivity contribution >= 4 is 5.97 Å². The third kappa shape index (κ3) is 1.08. The Hall–Kier alpha value is -0.640. The van der Waals surface area contributed by atoms with E-state index in [0.717, 1.165) is 0 Å². The normalized spacial score (nSPS) is 42.4. The number of alkyl halides is 1. The van der Waals surface area contributed by atoms with Crippen molar-refractivity contribution in [1.29, 1.82) is 0 Å². The van der Waals surface area contributed by atoms with E-state index in [2.05, 4.69) is 0 Å². The van der Waals surface area contributed by atoms with Gasteiger partial charge in [-0.15, -0.1) is 0 Å². The highest BCUT2D eigenvalue weighted by atomic mass is 19.1. The summed E-state index contributed by atoms with van der Waals surface area (Å²) in [5.41, 5.74) is -0.0929. The smallest absolute Gasteiger partial charge is 0.327 e. The maximum absolute atomic E-state index is 15.2. The van der Waals surface area contributed by atoms with Crippen LogP contribution in [0.1, 0.15) is 48.5 Å². The third-order valence-corrected chi connectivity index (χ3v) is 6.36. The van der Waals surface area contributed by atoms with Gasteiger partial charge in [-0.2, -0.15) is 0 Å². The van der Waals surface area contributed by atoms with E-state index in [0.29, 0.717) is 0 Å². The molecule has 1 unspecified atom stereocenters. The van der Waals surface area contributed by atoms with E-state index in [-0.39, 0.29) is 0 Å². The van der Waals surface area contributed by atoms with Crippen LogP contribution in [0.5, 0.6) is 0 Å². The fraction of sp³-hybridized carbons (Fsp3) is 0.923. The van der Waals surface area contributed by atoms with E-state index in [9.17, 15) is 9.90 Å². The highest BCUT2D eigenvalue weighted by Crippen LogP contribution is 2.71. The molecular formula is C13H24FNO2. The van der Waals surface area contributed by atoms with Crippen molar-refractivity contribution in [1.82, 2.24) is 0 Å². The molecule has 0 saturated heterocycles. The number of hydrogen-bond donors (Lipinski definition) is 2. The zero-order valence-corrected chi connectivity index (χ0v) is 11.8. The molecule has 100 valence electrons. The SMILES string of the molecule is CC1(C)C(C)(C)C(C)(F)[C@@](N)(C(=O)O)C1(C)C. The van der Waals surface area contributed by atoms with Crippen LogP contribution in [-0.2, 0) is 4.79 Å². The summed E-state index contributed by atoms with van der Waals surface area (Å²) < 4.78 is 15.2. The van der Waals surface area contributed by atoms with Crippen LogP contribution in [0.25, 0.3) is 0 Å². The molecule has 1 aliphatic carbocycles. The predicted molar refractivity (Wildman–Crippen MR) is 65.4 cm³/mol. The number of hydrogen-bond acceptors (Lipinski definition) is 2. The van der Waals surface area contributed by atoms with E-state index in [4.69, 9.17) is 5.73 Å². The molecule has 2 atom stereocenters. The van der Waals surface area contributed by atoms with E-state index >= 15 is 4.39 Å². The molecule has 1 fully saturated rings. The van der Waals surface area contributed by atoms with Crippen LogP contribution in [0.15, 0.2) is 0 Å². The van der Waals surface area contributed by atoms with Crippen LogP contribution in [0.3, 0.4) is 0 Å². The summed E-state index contributed by atoms with van der Waals surface area (Å²) in [6, 6.07) is 0. The topological polar surface area (TPSA) is 63.3 Å². The lowest BCUT2D eigenvalue weighted by molar-refractivity contribution is -0.155. The summed E-state index contributed by atoms with van der Waals surface area (Å²) in [4.78, 5) is 11.6. The fourth-order valence-corrected chi connectivity index (χ4v) is 3.41. The van der Waals surface area contributed by atoms with Crippen molar-refractivity contribution < 1.29 is 14.3 Å². The first kappa shape index (κ1) is 14.4. The van der Waals surface area contributed by atoms with Crippen molar-refractivity contribution in [3.8, 4) is 0 Å². The van der Waals surface area contributed by atoms with Crippen molar-refractivity contribution in [3.05, 3.63) is 0 Å². The second-order valence-corrected chi connectivity index (χ2v) is 6.99. The molecule has 0 aromatic carbocycles. The van der Waals surface area contributed by atoms with Crippen LogP contribution >= 0.6 is 0 Å². The van der Waals surface area contributed by atoms with Crippen LogP contribution < -0.4 is 5.73 Å². The highest BCUT2D eigenvalue weighted by molar-refractivity contribution is 5.83. The molecule has 0 amide bonds. The summed E-state index contributed by atoms with van der Waals surface area (Å²) in [7, 11) is 0. The number of halogens is 1. The lowest BCUT2D eigenvalue weighted by Gasteiger charge is -2.45. The van der Waals surface area contributed by atoms with E-state index in [1.807, 2.05) is 13.8 Å². The van der Waals surface area contributed by atoms with Gasteiger partial charge in [-0.25, -0.2) is 4.39 Å². The van der Waals surface area contributed by atoms with Crippen LogP contribution in [-0.4, -0.2) is 22.3 Å². The molecule has 3 N–H and O–H groups in total. The maximum atomic E-state index is 15.2. The van der Waals surface area contributed by atoms with Crippen LogP contribution in [0.4, 0.5) is 4.39 Å². The van der Waals surface area contributed by atoms with Crippen molar-refractivity contribution in [2.75, 3.05) is 0 Å². The Labute approximate surface area is 103 Å². The minimum atomic E-state index is -1.99. The molecule has 4 heteroatoms. The molecule has 1 saturated carbocycles. The lowest BCUT2D eigenvalue weighted by atomic mass is 9.58. The Morgan fingerprint density at radius 3 is 1.41 bits per heavy atom. The van der Waals surface area contributed by atoms with E-state index in [1.165, 1.54) is 6.92 Å². The number of nitrogens with two attached hydrogens (primary N) is 1. The van der Waals surface area contributed by atoms with Crippen molar-refractivity contribution in [2.24, 2.45) is 22.0 Å². The van der Waals surface area contributed by atoms with Gasteiger partial charge < -0.3 is 10.8 Å². The second-order valence-electron chi connectivity index (χ2n) is 6.99. The van der Waals surface area contributed by atoms with Gasteiger partial charge in [0.2, 0.25) is 0 Å². The van der Waals surface area contributed by atoms with Gasteiger partial charge in [-0.1, -0.05) is 41.5 Å². The van der Waals surface area contributed by atoms with Gasteiger partial charge in [0.25, 0.3) is 0 Å². The number of carbonyl (C=O) groups is 1. The predicted octanol–water partition coefficient (Wildman–Crippen LogP) is 2.59. The van der Waals surface area contributed by atoms with Crippen LogP contribution in [0, 0.1) is 16.2 Å². The maximum Gasteiger partial charge on any atom is 0.327 e. The number of aliphatic carboxylic acids is 1. The average Bonchev–Trinajstić information content (AvgIpc) is 2.17. The van der Waals surface area contributed by atoms with Gasteiger partial charge in [0.05, 0.1) is 0 Å². The molecule has 0 spiro atoms. The molecule has 0 bridgehead atoms. The monoisotopic (exact) mass is 245 g/mol. The van der Waals surface area contributed by atoms with E-state index < -0.39 is 33.4 Å². The molecule has 0 heterocycles. The lowest BCUT2D eigenvalue weighted by Crippen LogP contribution is -2.67. The minimum absolute atomic E-state index is 0.545. The van der Waals surface area contributed by atoms with E-state index in [1.54, 1.807) is 27.7 Å². The van der Waals surface area contributed by atoms with Gasteiger partial charge in [-0.3, -0.25) is 4.79 Å². The molecule has 3 nitrogen and oxygen atoms in total. The molecular weight excluding hydrogens is 221 g/mol. The summed E-state index contributed by atoms with van der Waals surface area (Å²) >= 11 is 0. The standard InChI is InChI=1S/C13H24FNO2/c1-9(2)10(3,4)12(7,14)13(15,8(16)17)11(9,5)6/h15H2,1-7H3,(H,16,17)/t12?,13-/m1/s1. The third-order valence-electron chi connectivity index (χ3n) is 6.36. The summed E-state index contributed by atoms with van der Waals surface area (Å²) in [5, 5.41) is 9.44. The number of rotatable bonds is 1. The Kier molecular flexibility index (Phi) is 2.57. The summed E-state index contributed by atoms with van der Waals surface area (Å²) in [6.07, 6.45) is 0. The fourth-order valence-electron chi connectivity index (χ4n) is 3.41. The molecule has 1 aliphatic rings. The molecule has 1 rings (SSSR count). The molecule has 0 radical (unpaired) electrons. The second kappa shape index (κ2) is 3.02. The molecule has 0 aromatic heterocycles. The molecule has 17 heavy (non-hydrogen) atoms. The number of carboxylic acids is 1. The minimum Gasteiger partial charge on any atom is -0.480 e. The highest BCUT2D eigenvalue weighted by Gasteiger charge is 2.80. The van der Waals surface area contributed by atoms with Gasteiger partial charge in [0.1, 0.15) is 5.67 Å². The Morgan fingerprint density at radius 2 is 1.29 bits per heavy atom. The first-order chi connectivity index (χ1) is 7.19. The Bertz CT molecular complexity index is 344. The van der Waals surface area contributed by atoms with Crippen LogP contribution in [0.2, 0.25) is 0 Å². The first-order valence-electron chi connectivity index (χ1n) is 5.91. The zero-order chi connectivity index (χ0) is 14.1. The largest absolute Gasteiger partial charge is 0.480 e.